The van der Waals surface area contributed by atoms with Crippen molar-refractivity contribution in [3.8, 4) is 0 Å². The van der Waals surface area contributed by atoms with Crippen molar-refractivity contribution in [2.75, 3.05) is 7.05 Å². The molecule has 0 aromatic carbocycles. The molecule has 1 aliphatic carbocycles. The minimum atomic E-state index is -0.129. The van der Waals surface area contributed by atoms with Crippen LogP contribution in [0.3, 0.4) is 0 Å². The van der Waals surface area contributed by atoms with Gasteiger partial charge < -0.3 is 5.32 Å². The SMILES string of the molecule is CNC(=O)C(CC(C)C)NC1CCCc2c1cnn2C. The largest absolute Gasteiger partial charge is 0.358 e. The molecule has 0 radical (unpaired) electrons. The average molecular weight is 278 g/mol. The molecule has 5 nitrogen and oxygen atoms in total. The van der Waals surface area contributed by atoms with E-state index < -0.39 is 0 Å². The van der Waals surface area contributed by atoms with Gasteiger partial charge in [-0.15, -0.1) is 0 Å². The van der Waals surface area contributed by atoms with Crippen LogP contribution in [-0.2, 0) is 18.3 Å². The Morgan fingerprint density at radius 2 is 2.30 bits per heavy atom. The summed E-state index contributed by atoms with van der Waals surface area (Å²) in [5.74, 6) is 0.566. The molecule has 112 valence electrons. The number of nitrogens with zero attached hydrogens (tertiary/aromatic N) is 2. The highest BCUT2D eigenvalue weighted by Crippen LogP contribution is 2.30. The van der Waals surface area contributed by atoms with Gasteiger partial charge in [0.15, 0.2) is 0 Å². The number of amides is 1. The number of aromatic nitrogens is 2. The minimum Gasteiger partial charge on any atom is -0.358 e. The minimum absolute atomic E-state index is 0.0784. The van der Waals surface area contributed by atoms with Crippen LogP contribution >= 0.6 is 0 Å². The number of fused-ring (bicyclic) bond motifs is 1. The van der Waals surface area contributed by atoms with Crippen LogP contribution in [0, 0.1) is 5.92 Å². The Labute approximate surface area is 121 Å². The fourth-order valence-electron chi connectivity index (χ4n) is 3.02. The summed E-state index contributed by atoms with van der Waals surface area (Å²) in [6, 6.07) is 0.115. The van der Waals surface area contributed by atoms with Gasteiger partial charge in [0.1, 0.15) is 0 Å². The lowest BCUT2D eigenvalue weighted by Crippen LogP contribution is -2.45. The van der Waals surface area contributed by atoms with Crippen LogP contribution in [0.4, 0.5) is 0 Å². The number of hydrogen-bond donors (Lipinski definition) is 2. The molecule has 20 heavy (non-hydrogen) atoms. The topological polar surface area (TPSA) is 59.0 Å². The summed E-state index contributed by atoms with van der Waals surface area (Å²) < 4.78 is 1.96. The van der Waals surface area contributed by atoms with Crippen LogP contribution in [0.15, 0.2) is 6.20 Å². The van der Waals surface area contributed by atoms with Crippen LogP contribution < -0.4 is 10.6 Å². The third-order valence-corrected chi connectivity index (χ3v) is 4.05. The maximum Gasteiger partial charge on any atom is 0.236 e. The molecular weight excluding hydrogens is 252 g/mol. The smallest absolute Gasteiger partial charge is 0.236 e. The second-order valence-corrected chi connectivity index (χ2v) is 6.08. The molecule has 0 fully saturated rings. The van der Waals surface area contributed by atoms with Gasteiger partial charge >= 0.3 is 0 Å². The number of nitrogens with one attached hydrogen (secondary N) is 2. The highest BCUT2D eigenvalue weighted by Gasteiger charge is 2.28. The maximum absolute atomic E-state index is 12.0. The van der Waals surface area contributed by atoms with E-state index in [0.29, 0.717) is 5.92 Å². The first-order valence-corrected chi connectivity index (χ1v) is 7.51. The van der Waals surface area contributed by atoms with E-state index in [4.69, 9.17) is 0 Å². The van der Waals surface area contributed by atoms with E-state index in [0.717, 1.165) is 25.7 Å². The highest BCUT2D eigenvalue weighted by atomic mass is 16.2. The molecular formula is C15H26N4O. The van der Waals surface area contributed by atoms with Crippen molar-refractivity contribution in [1.82, 2.24) is 20.4 Å². The standard InChI is InChI=1S/C15H26N4O/c1-10(2)8-13(15(20)16-3)18-12-6-5-7-14-11(12)9-17-19(14)4/h9-10,12-13,18H,5-8H2,1-4H3,(H,16,20). The predicted octanol–water partition coefficient (Wildman–Crippen LogP) is 1.55. The molecule has 0 aliphatic heterocycles. The number of carbonyl (C=O) groups is 1. The van der Waals surface area contributed by atoms with Gasteiger partial charge in [-0.1, -0.05) is 13.8 Å². The van der Waals surface area contributed by atoms with Crippen LogP contribution in [0.1, 0.15) is 50.4 Å². The van der Waals surface area contributed by atoms with Crippen LogP contribution in [0.2, 0.25) is 0 Å². The molecule has 0 bridgehead atoms. The van der Waals surface area contributed by atoms with E-state index in [1.807, 2.05) is 17.9 Å². The van der Waals surface area contributed by atoms with E-state index in [2.05, 4.69) is 29.6 Å². The summed E-state index contributed by atoms with van der Waals surface area (Å²) in [7, 11) is 3.69. The summed E-state index contributed by atoms with van der Waals surface area (Å²) in [6.07, 6.45) is 6.10. The molecule has 2 rings (SSSR count). The van der Waals surface area contributed by atoms with Crippen molar-refractivity contribution in [2.45, 2.75) is 51.6 Å². The number of aryl methyl sites for hydroxylation is 1. The molecule has 1 amide bonds. The summed E-state index contributed by atoms with van der Waals surface area (Å²) in [6.45, 7) is 4.29. The van der Waals surface area contributed by atoms with Gasteiger partial charge in [0, 0.05) is 31.4 Å². The van der Waals surface area contributed by atoms with Gasteiger partial charge in [-0.2, -0.15) is 5.10 Å². The lowest BCUT2D eigenvalue weighted by Gasteiger charge is -2.29. The molecule has 5 heteroatoms. The van der Waals surface area contributed by atoms with E-state index in [9.17, 15) is 4.79 Å². The Bertz CT molecular complexity index is 466. The van der Waals surface area contributed by atoms with Gasteiger partial charge in [-0.3, -0.25) is 14.8 Å². The normalized spacial score (nSPS) is 19.8. The van der Waals surface area contributed by atoms with Gasteiger partial charge in [0.2, 0.25) is 5.91 Å². The summed E-state index contributed by atoms with van der Waals surface area (Å²) in [5.41, 5.74) is 2.56. The molecule has 1 aromatic heterocycles. The third kappa shape index (κ3) is 3.20. The Morgan fingerprint density at radius 3 is 2.95 bits per heavy atom. The molecule has 0 spiro atoms. The monoisotopic (exact) mass is 278 g/mol. The quantitative estimate of drug-likeness (QED) is 0.859. The fraction of sp³-hybridized carbons (Fsp3) is 0.733. The number of rotatable bonds is 5. The molecule has 1 aromatic rings. The predicted molar refractivity (Wildman–Crippen MR) is 79.3 cm³/mol. The van der Waals surface area contributed by atoms with Crippen LogP contribution in [0.25, 0.3) is 0 Å². The molecule has 1 aliphatic rings. The van der Waals surface area contributed by atoms with Crippen LogP contribution in [0.5, 0.6) is 0 Å². The van der Waals surface area contributed by atoms with Crippen molar-refractivity contribution < 1.29 is 4.79 Å². The molecule has 2 N–H and O–H groups in total. The van der Waals surface area contributed by atoms with Gasteiger partial charge in [-0.05, 0) is 31.6 Å². The van der Waals surface area contributed by atoms with E-state index >= 15 is 0 Å². The summed E-state index contributed by atoms with van der Waals surface area (Å²) >= 11 is 0. The zero-order valence-corrected chi connectivity index (χ0v) is 12.9. The van der Waals surface area contributed by atoms with Crippen molar-refractivity contribution in [3.63, 3.8) is 0 Å². The van der Waals surface area contributed by atoms with Crippen molar-refractivity contribution in [2.24, 2.45) is 13.0 Å². The molecule has 2 atom stereocenters. The molecule has 0 saturated carbocycles. The third-order valence-electron chi connectivity index (χ3n) is 4.05. The lowest BCUT2D eigenvalue weighted by molar-refractivity contribution is -0.123. The Kier molecular flexibility index (Phi) is 4.81. The number of hydrogen-bond acceptors (Lipinski definition) is 3. The van der Waals surface area contributed by atoms with Gasteiger partial charge in [0.25, 0.3) is 0 Å². The lowest BCUT2D eigenvalue weighted by atomic mass is 9.91. The first-order valence-electron chi connectivity index (χ1n) is 7.51. The average Bonchev–Trinajstić information content (AvgIpc) is 2.79. The summed E-state index contributed by atoms with van der Waals surface area (Å²) in [5, 5.41) is 10.7. The second-order valence-electron chi connectivity index (χ2n) is 6.08. The van der Waals surface area contributed by atoms with Crippen LogP contribution in [-0.4, -0.2) is 28.8 Å². The second kappa shape index (κ2) is 6.39. The Morgan fingerprint density at radius 1 is 1.55 bits per heavy atom. The zero-order chi connectivity index (χ0) is 14.7. The van der Waals surface area contributed by atoms with E-state index in [-0.39, 0.29) is 18.0 Å². The Hall–Kier alpha value is -1.36. The van der Waals surface area contributed by atoms with E-state index in [1.165, 1.54) is 11.3 Å². The van der Waals surface area contributed by atoms with Crippen molar-refractivity contribution >= 4 is 5.91 Å². The molecule has 2 unspecified atom stereocenters. The first-order chi connectivity index (χ1) is 9.52. The zero-order valence-electron chi connectivity index (χ0n) is 12.9. The first kappa shape index (κ1) is 15.0. The Balaban J connectivity index is 2.13. The van der Waals surface area contributed by atoms with Gasteiger partial charge in [-0.25, -0.2) is 0 Å². The molecule has 1 heterocycles. The van der Waals surface area contributed by atoms with E-state index in [1.54, 1.807) is 7.05 Å². The number of likely N-dealkylation sites (N-methyl/N-ethyl adjacent to an activating group) is 1. The molecule has 0 saturated heterocycles. The fourth-order valence-corrected chi connectivity index (χ4v) is 3.02. The van der Waals surface area contributed by atoms with Gasteiger partial charge in [0.05, 0.1) is 12.2 Å². The van der Waals surface area contributed by atoms with Crippen molar-refractivity contribution in [1.29, 1.82) is 0 Å². The summed E-state index contributed by atoms with van der Waals surface area (Å²) in [4.78, 5) is 12.0. The maximum atomic E-state index is 12.0. The van der Waals surface area contributed by atoms with Crippen molar-refractivity contribution in [3.05, 3.63) is 17.5 Å². The number of carbonyl (C=O) groups excluding carboxylic acids is 1. The highest BCUT2D eigenvalue weighted by molar-refractivity contribution is 5.81.